The van der Waals surface area contributed by atoms with Crippen molar-refractivity contribution in [1.29, 1.82) is 0 Å². The smallest absolute Gasteiger partial charge is 0.239 e. The maximum absolute atomic E-state index is 5.50. The van der Waals surface area contributed by atoms with Gasteiger partial charge in [0.2, 0.25) is 11.8 Å². The molecule has 8 heteroatoms. The number of hydrogen-bond donors (Lipinski definition) is 0. The van der Waals surface area contributed by atoms with Gasteiger partial charge >= 0.3 is 0 Å². The Morgan fingerprint density at radius 2 is 1.88 bits per heavy atom. The summed E-state index contributed by atoms with van der Waals surface area (Å²) in [6, 6.07) is 0.549. The molecule has 136 valence electrons. The van der Waals surface area contributed by atoms with E-state index in [-0.39, 0.29) is 10.7 Å². The second-order valence-electron chi connectivity index (χ2n) is 8.04. The first-order valence-corrected chi connectivity index (χ1v) is 10.0. The van der Waals surface area contributed by atoms with Gasteiger partial charge in [-0.15, -0.1) is 10.2 Å². The van der Waals surface area contributed by atoms with Gasteiger partial charge < -0.3 is 9.42 Å². The molecule has 1 saturated carbocycles. The summed E-state index contributed by atoms with van der Waals surface area (Å²) in [5, 5.41) is 14.1. The first kappa shape index (κ1) is 16.9. The lowest BCUT2D eigenvalue weighted by Crippen LogP contribution is -2.22. The minimum Gasteiger partial charge on any atom is -0.341 e. The predicted molar refractivity (Wildman–Crippen MR) is 97.0 cm³/mol. The third-order valence-electron chi connectivity index (χ3n) is 4.69. The van der Waals surface area contributed by atoms with Crippen LogP contribution in [0.2, 0.25) is 0 Å². The Kier molecular flexibility index (Phi) is 4.25. The quantitative estimate of drug-likeness (QED) is 0.750. The molecule has 0 aromatic carbocycles. The number of nitrogens with zero attached hydrogens (tertiary/aromatic N) is 6. The molecule has 25 heavy (non-hydrogen) atoms. The third kappa shape index (κ3) is 3.41. The molecule has 4 rings (SSSR count). The fourth-order valence-electron chi connectivity index (χ4n) is 3.05. The first-order chi connectivity index (χ1) is 11.9. The fraction of sp³-hybridized carbons (Fsp3) is 0.765. The highest BCUT2D eigenvalue weighted by atomic mass is 32.2. The molecule has 3 heterocycles. The highest BCUT2D eigenvalue weighted by Gasteiger charge is 2.33. The highest BCUT2D eigenvalue weighted by Crippen LogP contribution is 2.44. The van der Waals surface area contributed by atoms with E-state index >= 15 is 0 Å². The molecule has 0 bridgehead atoms. The lowest BCUT2D eigenvalue weighted by Gasteiger charge is -2.18. The molecule has 1 aliphatic heterocycles. The Labute approximate surface area is 152 Å². The number of aromatic nitrogens is 5. The fourth-order valence-corrected chi connectivity index (χ4v) is 3.99. The van der Waals surface area contributed by atoms with Crippen molar-refractivity contribution in [2.24, 2.45) is 0 Å². The van der Waals surface area contributed by atoms with Gasteiger partial charge in [-0.1, -0.05) is 37.7 Å². The second kappa shape index (κ2) is 6.30. The van der Waals surface area contributed by atoms with Gasteiger partial charge in [-0.05, 0) is 32.6 Å². The molecule has 2 aromatic heterocycles. The minimum atomic E-state index is -0.108. The summed E-state index contributed by atoms with van der Waals surface area (Å²) in [4.78, 5) is 6.95. The van der Waals surface area contributed by atoms with Gasteiger partial charge in [-0.2, -0.15) is 4.98 Å². The van der Waals surface area contributed by atoms with E-state index in [1.54, 1.807) is 11.8 Å². The summed E-state index contributed by atoms with van der Waals surface area (Å²) >= 11 is 1.66. The van der Waals surface area contributed by atoms with Crippen molar-refractivity contribution in [2.45, 2.75) is 75.2 Å². The van der Waals surface area contributed by atoms with Gasteiger partial charge in [-0.3, -0.25) is 4.57 Å². The van der Waals surface area contributed by atoms with Crippen LogP contribution in [0, 0.1) is 0 Å². The van der Waals surface area contributed by atoms with Crippen molar-refractivity contribution in [3.05, 3.63) is 11.7 Å². The van der Waals surface area contributed by atoms with E-state index in [0.717, 1.165) is 30.0 Å². The largest absolute Gasteiger partial charge is 0.341 e. The molecule has 1 saturated heterocycles. The van der Waals surface area contributed by atoms with Crippen LogP contribution in [0.25, 0.3) is 0 Å². The Morgan fingerprint density at radius 1 is 1.16 bits per heavy atom. The third-order valence-corrected chi connectivity index (χ3v) is 5.73. The van der Waals surface area contributed by atoms with Gasteiger partial charge in [0, 0.05) is 24.5 Å². The minimum absolute atomic E-state index is 0.0525. The molecule has 1 unspecified atom stereocenters. The van der Waals surface area contributed by atoms with E-state index in [9.17, 15) is 0 Å². The summed E-state index contributed by atoms with van der Waals surface area (Å²) in [5.41, 5.74) is -0.108. The SMILES string of the molecule is CC(Sc1nnc(N2CCCC2)n1C1CC1)c1nc(C(C)(C)C)no1. The molecular weight excluding hydrogens is 336 g/mol. The molecule has 0 amide bonds. The number of hydrogen-bond acceptors (Lipinski definition) is 7. The summed E-state index contributed by atoms with van der Waals surface area (Å²) < 4.78 is 7.82. The van der Waals surface area contributed by atoms with Crippen LogP contribution < -0.4 is 4.90 Å². The van der Waals surface area contributed by atoms with Crippen molar-refractivity contribution in [2.75, 3.05) is 18.0 Å². The van der Waals surface area contributed by atoms with Crippen LogP contribution >= 0.6 is 11.8 Å². The maximum Gasteiger partial charge on any atom is 0.239 e. The van der Waals surface area contributed by atoms with Crippen molar-refractivity contribution in [3.63, 3.8) is 0 Å². The van der Waals surface area contributed by atoms with Crippen LogP contribution in [-0.4, -0.2) is 38.0 Å². The lowest BCUT2D eigenvalue weighted by atomic mass is 9.96. The van der Waals surface area contributed by atoms with Gasteiger partial charge in [0.15, 0.2) is 11.0 Å². The topological polar surface area (TPSA) is 72.9 Å². The Balaban J connectivity index is 1.55. The zero-order valence-corrected chi connectivity index (χ0v) is 16.2. The maximum atomic E-state index is 5.50. The molecular formula is C17H26N6OS. The molecule has 1 atom stereocenters. The van der Waals surface area contributed by atoms with Crippen molar-refractivity contribution >= 4 is 17.7 Å². The monoisotopic (exact) mass is 362 g/mol. The molecule has 0 radical (unpaired) electrons. The molecule has 1 aliphatic carbocycles. The molecule has 7 nitrogen and oxygen atoms in total. The van der Waals surface area contributed by atoms with Crippen LogP contribution in [0.3, 0.4) is 0 Å². The molecule has 2 fully saturated rings. The number of rotatable bonds is 5. The second-order valence-corrected chi connectivity index (χ2v) is 9.35. The predicted octanol–water partition coefficient (Wildman–Crippen LogP) is 3.75. The van der Waals surface area contributed by atoms with Gasteiger partial charge in [0.05, 0.1) is 5.25 Å². The Hall–Kier alpha value is -1.57. The van der Waals surface area contributed by atoms with Crippen LogP contribution in [-0.2, 0) is 5.41 Å². The van der Waals surface area contributed by atoms with E-state index in [0.29, 0.717) is 11.9 Å². The number of thioether (sulfide) groups is 1. The van der Waals surface area contributed by atoms with Crippen LogP contribution in [0.5, 0.6) is 0 Å². The lowest BCUT2D eigenvalue weighted by molar-refractivity contribution is 0.364. The number of anilines is 1. The molecule has 2 aromatic rings. The van der Waals surface area contributed by atoms with Gasteiger partial charge in [0.25, 0.3) is 0 Å². The van der Waals surface area contributed by atoms with Crippen LogP contribution in [0.1, 0.15) is 76.4 Å². The van der Waals surface area contributed by atoms with E-state index < -0.39 is 0 Å². The zero-order chi connectivity index (χ0) is 17.6. The van der Waals surface area contributed by atoms with Gasteiger partial charge in [-0.25, -0.2) is 0 Å². The van der Waals surface area contributed by atoms with E-state index in [1.807, 2.05) is 0 Å². The van der Waals surface area contributed by atoms with Crippen molar-refractivity contribution < 1.29 is 4.52 Å². The average molecular weight is 363 g/mol. The van der Waals surface area contributed by atoms with Crippen LogP contribution in [0.4, 0.5) is 5.95 Å². The first-order valence-electron chi connectivity index (χ1n) is 9.14. The van der Waals surface area contributed by atoms with E-state index in [1.165, 1.54) is 25.7 Å². The summed E-state index contributed by atoms with van der Waals surface area (Å²) in [7, 11) is 0. The molecule has 2 aliphatic rings. The Bertz CT molecular complexity index is 739. The Morgan fingerprint density at radius 3 is 2.48 bits per heavy atom. The van der Waals surface area contributed by atoms with Gasteiger partial charge in [0.1, 0.15) is 0 Å². The molecule has 0 spiro atoms. The van der Waals surface area contributed by atoms with Crippen molar-refractivity contribution in [1.82, 2.24) is 24.9 Å². The summed E-state index contributed by atoms with van der Waals surface area (Å²) in [6.45, 7) is 10.5. The molecule has 0 N–H and O–H groups in total. The highest BCUT2D eigenvalue weighted by molar-refractivity contribution is 7.99. The van der Waals surface area contributed by atoms with Crippen molar-refractivity contribution in [3.8, 4) is 0 Å². The van der Waals surface area contributed by atoms with E-state index in [4.69, 9.17) is 4.52 Å². The standard InChI is InChI=1S/C17H26N6OS/c1-11(13-18-14(21-24-13)17(2,3)4)25-16-20-19-15(22-9-5-6-10-22)23(16)12-7-8-12/h11-12H,5-10H2,1-4H3. The van der Waals surface area contributed by atoms with Crippen LogP contribution in [0.15, 0.2) is 9.68 Å². The van der Waals surface area contributed by atoms with E-state index in [2.05, 4.69) is 57.5 Å². The normalized spacial score (nSPS) is 19.6. The average Bonchev–Trinajstić information content (AvgIpc) is 3.01. The summed E-state index contributed by atoms with van der Waals surface area (Å²) in [5.74, 6) is 2.44. The zero-order valence-electron chi connectivity index (χ0n) is 15.4. The summed E-state index contributed by atoms with van der Waals surface area (Å²) in [6.07, 6.45) is 4.92.